The fourth-order valence-electron chi connectivity index (χ4n) is 1.58. The number of anilines is 1. The Bertz CT molecular complexity index is 608. The number of hydrogen-bond donors (Lipinski definition) is 1. The summed E-state index contributed by atoms with van der Waals surface area (Å²) in [5, 5.41) is 0. The summed E-state index contributed by atoms with van der Waals surface area (Å²) in [6, 6.07) is 7.38. The molecular weight excluding hydrogens is 223 g/mol. The van der Waals surface area contributed by atoms with Crippen LogP contribution in [0.5, 0.6) is 5.75 Å². The van der Waals surface area contributed by atoms with Crippen molar-refractivity contribution in [3.8, 4) is 11.4 Å². The van der Waals surface area contributed by atoms with Crippen LogP contribution in [-0.2, 0) is 0 Å². The molecule has 0 aliphatic rings. The second-order valence-electron chi connectivity index (χ2n) is 3.43. The van der Waals surface area contributed by atoms with Crippen LogP contribution in [0.3, 0.4) is 0 Å². The summed E-state index contributed by atoms with van der Waals surface area (Å²) < 4.78 is 19.9. The van der Waals surface area contributed by atoms with Crippen LogP contribution in [0, 0.1) is 5.82 Å². The number of ether oxygens (including phenoxy) is 1. The van der Waals surface area contributed by atoms with Gasteiger partial charge in [0.25, 0.3) is 5.56 Å². The first-order valence-corrected chi connectivity index (χ1v) is 4.95. The Morgan fingerprint density at radius 2 is 2.06 bits per heavy atom. The molecule has 0 amide bonds. The maximum atomic E-state index is 13.8. The molecular formula is C12H11FN2O2. The van der Waals surface area contributed by atoms with Crippen molar-refractivity contribution in [1.82, 2.24) is 4.57 Å². The third kappa shape index (κ3) is 1.87. The summed E-state index contributed by atoms with van der Waals surface area (Å²) in [5.41, 5.74) is 5.14. The highest BCUT2D eigenvalue weighted by molar-refractivity contribution is 5.50. The Morgan fingerprint density at radius 3 is 2.76 bits per heavy atom. The molecule has 0 spiro atoms. The molecule has 88 valence electrons. The molecule has 0 unspecified atom stereocenters. The molecule has 2 rings (SSSR count). The molecule has 17 heavy (non-hydrogen) atoms. The van der Waals surface area contributed by atoms with Crippen molar-refractivity contribution in [2.24, 2.45) is 0 Å². The lowest BCUT2D eigenvalue weighted by molar-refractivity contribution is 0.408. The maximum Gasteiger partial charge on any atom is 0.278 e. The fourth-order valence-corrected chi connectivity index (χ4v) is 1.58. The van der Waals surface area contributed by atoms with Crippen molar-refractivity contribution in [2.75, 3.05) is 12.8 Å². The van der Waals surface area contributed by atoms with Crippen molar-refractivity contribution in [1.29, 1.82) is 0 Å². The van der Waals surface area contributed by atoms with Gasteiger partial charge in [-0.3, -0.25) is 9.36 Å². The quantitative estimate of drug-likeness (QED) is 0.858. The number of nitrogen functional groups attached to an aromatic ring is 1. The van der Waals surface area contributed by atoms with Gasteiger partial charge >= 0.3 is 0 Å². The largest absolute Gasteiger partial charge is 0.494 e. The zero-order valence-electron chi connectivity index (χ0n) is 9.18. The van der Waals surface area contributed by atoms with Crippen LogP contribution in [0.4, 0.5) is 10.1 Å². The third-order valence-electron chi connectivity index (χ3n) is 2.39. The molecule has 1 aromatic heterocycles. The molecule has 0 radical (unpaired) electrons. The highest BCUT2D eigenvalue weighted by Crippen LogP contribution is 2.24. The van der Waals surface area contributed by atoms with Crippen molar-refractivity contribution in [3.05, 3.63) is 52.7 Å². The summed E-state index contributed by atoms with van der Waals surface area (Å²) >= 11 is 0. The normalized spacial score (nSPS) is 10.2. The van der Waals surface area contributed by atoms with E-state index in [1.165, 1.54) is 31.5 Å². The monoisotopic (exact) mass is 234 g/mol. The van der Waals surface area contributed by atoms with Crippen LogP contribution in [0.15, 0.2) is 41.3 Å². The van der Waals surface area contributed by atoms with Crippen molar-refractivity contribution < 1.29 is 9.13 Å². The van der Waals surface area contributed by atoms with Gasteiger partial charge in [0.05, 0.1) is 12.8 Å². The topological polar surface area (TPSA) is 57.2 Å². The lowest BCUT2D eigenvalue weighted by Crippen LogP contribution is -2.21. The smallest absolute Gasteiger partial charge is 0.278 e. The van der Waals surface area contributed by atoms with Crippen LogP contribution in [0.25, 0.3) is 5.69 Å². The van der Waals surface area contributed by atoms with E-state index in [0.717, 1.165) is 4.57 Å². The number of para-hydroxylation sites is 1. The van der Waals surface area contributed by atoms with Gasteiger partial charge in [0.1, 0.15) is 11.4 Å². The Balaban J connectivity index is 2.77. The first kappa shape index (κ1) is 11.2. The SMILES string of the molecule is COc1cccc(F)c1-n1cccc(N)c1=O. The summed E-state index contributed by atoms with van der Waals surface area (Å²) in [6.07, 6.45) is 1.44. The van der Waals surface area contributed by atoms with Crippen LogP contribution in [0.2, 0.25) is 0 Å². The highest BCUT2D eigenvalue weighted by Gasteiger charge is 2.13. The number of benzene rings is 1. The average Bonchev–Trinajstić information content (AvgIpc) is 2.33. The fraction of sp³-hybridized carbons (Fsp3) is 0.0833. The summed E-state index contributed by atoms with van der Waals surface area (Å²) in [5.74, 6) is -0.269. The second-order valence-corrected chi connectivity index (χ2v) is 3.43. The van der Waals surface area contributed by atoms with Gasteiger partial charge in [-0.25, -0.2) is 4.39 Å². The minimum absolute atomic E-state index is 0.0535. The van der Waals surface area contributed by atoms with Crippen molar-refractivity contribution >= 4 is 5.69 Å². The summed E-state index contributed by atoms with van der Waals surface area (Å²) in [7, 11) is 1.41. The van der Waals surface area contributed by atoms with E-state index < -0.39 is 11.4 Å². The number of hydrogen-bond acceptors (Lipinski definition) is 3. The van der Waals surface area contributed by atoms with Gasteiger partial charge in [0.2, 0.25) is 0 Å². The molecule has 0 aliphatic heterocycles. The average molecular weight is 234 g/mol. The van der Waals surface area contributed by atoms with Gasteiger partial charge in [0.15, 0.2) is 5.82 Å². The van der Waals surface area contributed by atoms with Gasteiger partial charge in [0, 0.05) is 6.20 Å². The molecule has 4 nitrogen and oxygen atoms in total. The molecule has 2 aromatic rings. The maximum absolute atomic E-state index is 13.8. The van der Waals surface area contributed by atoms with E-state index in [0.29, 0.717) is 0 Å². The molecule has 0 aliphatic carbocycles. The zero-order valence-corrected chi connectivity index (χ0v) is 9.18. The van der Waals surface area contributed by atoms with E-state index in [4.69, 9.17) is 10.5 Å². The number of aromatic nitrogens is 1. The highest BCUT2D eigenvalue weighted by atomic mass is 19.1. The molecule has 1 aromatic carbocycles. The Kier molecular flexibility index (Phi) is 2.82. The Morgan fingerprint density at radius 1 is 1.29 bits per heavy atom. The molecule has 2 N–H and O–H groups in total. The molecule has 0 atom stereocenters. The first-order chi connectivity index (χ1) is 8.15. The van der Waals surface area contributed by atoms with Gasteiger partial charge in [-0.2, -0.15) is 0 Å². The molecule has 0 saturated heterocycles. The number of nitrogens with two attached hydrogens (primary N) is 1. The first-order valence-electron chi connectivity index (χ1n) is 4.95. The molecule has 0 fully saturated rings. The zero-order chi connectivity index (χ0) is 12.4. The number of methoxy groups -OCH3 is 1. The number of pyridine rings is 1. The Hall–Kier alpha value is -2.30. The van der Waals surface area contributed by atoms with E-state index in [-0.39, 0.29) is 17.1 Å². The predicted octanol–water partition coefficient (Wildman–Crippen LogP) is 1.57. The predicted molar refractivity (Wildman–Crippen MR) is 63.0 cm³/mol. The lowest BCUT2D eigenvalue weighted by atomic mass is 10.2. The number of rotatable bonds is 2. The minimum atomic E-state index is -0.544. The standard InChI is InChI=1S/C12H11FN2O2/c1-17-10-6-2-4-8(13)11(10)15-7-3-5-9(14)12(15)16/h2-7H,14H2,1H3. The molecule has 0 saturated carbocycles. The third-order valence-corrected chi connectivity index (χ3v) is 2.39. The Labute approximate surface area is 97.1 Å². The minimum Gasteiger partial charge on any atom is -0.494 e. The van der Waals surface area contributed by atoms with Gasteiger partial charge < -0.3 is 10.5 Å². The van der Waals surface area contributed by atoms with E-state index in [1.54, 1.807) is 12.1 Å². The number of nitrogens with zero attached hydrogens (tertiary/aromatic N) is 1. The van der Waals surface area contributed by atoms with Gasteiger partial charge in [-0.15, -0.1) is 0 Å². The lowest BCUT2D eigenvalue weighted by Gasteiger charge is -2.11. The summed E-state index contributed by atoms with van der Waals surface area (Å²) in [4.78, 5) is 11.8. The van der Waals surface area contributed by atoms with Crippen molar-refractivity contribution in [2.45, 2.75) is 0 Å². The van der Waals surface area contributed by atoms with E-state index in [9.17, 15) is 9.18 Å². The number of halogens is 1. The van der Waals surface area contributed by atoms with Gasteiger partial charge in [-0.1, -0.05) is 6.07 Å². The van der Waals surface area contributed by atoms with Crippen molar-refractivity contribution in [3.63, 3.8) is 0 Å². The molecule has 5 heteroatoms. The van der Waals surface area contributed by atoms with Gasteiger partial charge in [-0.05, 0) is 24.3 Å². The van der Waals surface area contributed by atoms with Crippen LogP contribution in [0.1, 0.15) is 0 Å². The molecule has 1 heterocycles. The summed E-state index contributed by atoms with van der Waals surface area (Å²) in [6.45, 7) is 0. The van der Waals surface area contributed by atoms with Crippen LogP contribution >= 0.6 is 0 Å². The van der Waals surface area contributed by atoms with Crippen LogP contribution < -0.4 is 16.0 Å². The van der Waals surface area contributed by atoms with E-state index in [2.05, 4.69) is 0 Å². The second kappa shape index (κ2) is 4.29. The van der Waals surface area contributed by atoms with E-state index >= 15 is 0 Å². The molecule has 0 bridgehead atoms. The van der Waals surface area contributed by atoms with Crippen LogP contribution in [-0.4, -0.2) is 11.7 Å². The van der Waals surface area contributed by atoms with E-state index in [1.807, 2.05) is 0 Å².